The Hall–Kier alpha value is -1.98. The van der Waals surface area contributed by atoms with Crippen LogP contribution in [0.3, 0.4) is 0 Å². The van der Waals surface area contributed by atoms with Crippen molar-refractivity contribution in [3.05, 3.63) is 65.5 Å². The Morgan fingerprint density at radius 3 is 2.64 bits per heavy atom. The number of fused-ring (bicyclic) bond motifs is 1. The number of hydrogen-bond donors (Lipinski definition) is 0. The van der Waals surface area contributed by atoms with Gasteiger partial charge >= 0.3 is 0 Å². The van der Waals surface area contributed by atoms with Crippen molar-refractivity contribution in [2.45, 2.75) is 50.5 Å². The summed E-state index contributed by atoms with van der Waals surface area (Å²) < 4.78 is 28.6. The lowest BCUT2D eigenvalue weighted by Crippen LogP contribution is -2.51. The topological polar surface area (TPSA) is 50.3 Å². The highest BCUT2D eigenvalue weighted by atomic mass is 32.2. The summed E-state index contributed by atoms with van der Waals surface area (Å²) in [5.41, 5.74) is 3.39. The molecule has 148 valence electrons. The molecule has 0 radical (unpaired) electrons. The minimum Gasteiger partial charge on any atom is -0.257 e. The average Bonchev–Trinajstić information content (AvgIpc) is 2.68. The van der Waals surface area contributed by atoms with Crippen molar-refractivity contribution in [2.24, 2.45) is 11.8 Å². The number of aromatic nitrogens is 1. The van der Waals surface area contributed by atoms with Crippen molar-refractivity contribution < 1.29 is 8.42 Å². The van der Waals surface area contributed by atoms with Gasteiger partial charge in [0.2, 0.25) is 10.0 Å². The van der Waals surface area contributed by atoms with Gasteiger partial charge in [0.05, 0.1) is 10.6 Å². The predicted octanol–water partition coefficient (Wildman–Crippen LogP) is 4.67. The second kappa shape index (κ2) is 7.80. The van der Waals surface area contributed by atoms with Gasteiger partial charge in [0, 0.05) is 18.8 Å². The summed E-state index contributed by atoms with van der Waals surface area (Å²) >= 11 is 0. The molecule has 2 heterocycles. The van der Waals surface area contributed by atoms with Crippen LogP contribution in [0.5, 0.6) is 0 Å². The van der Waals surface area contributed by atoms with E-state index < -0.39 is 10.0 Å². The van der Waals surface area contributed by atoms with E-state index in [1.54, 1.807) is 16.4 Å². The zero-order chi connectivity index (χ0) is 19.7. The van der Waals surface area contributed by atoms with Crippen molar-refractivity contribution >= 4 is 16.1 Å². The Balaban J connectivity index is 1.68. The molecule has 4 rings (SSSR count). The van der Waals surface area contributed by atoms with Gasteiger partial charge in [0.25, 0.3) is 0 Å². The first-order valence-electron chi connectivity index (χ1n) is 10.1. The molecule has 5 heteroatoms. The van der Waals surface area contributed by atoms with Gasteiger partial charge in [0.1, 0.15) is 0 Å². The summed E-state index contributed by atoms with van der Waals surface area (Å²) in [6.07, 6.45) is 7.90. The lowest BCUT2D eigenvalue weighted by molar-refractivity contribution is 0.144. The molecule has 1 aliphatic carbocycles. The van der Waals surface area contributed by atoms with Gasteiger partial charge in [-0.15, -0.1) is 0 Å². The lowest BCUT2D eigenvalue weighted by Gasteiger charge is -2.46. The van der Waals surface area contributed by atoms with Crippen LogP contribution in [-0.4, -0.2) is 30.3 Å². The van der Waals surface area contributed by atoms with Gasteiger partial charge in [0.15, 0.2) is 0 Å². The zero-order valence-corrected chi connectivity index (χ0v) is 17.4. The zero-order valence-electron chi connectivity index (χ0n) is 16.6. The van der Waals surface area contributed by atoms with Crippen LogP contribution in [0, 0.1) is 18.8 Å². The molecule has 1 aliphatic heterocycles. The Labute approximate surface area is 168 Å². The third-order valence-electron chi connectivity index (χ3n) is 6.08. The maximum absolute atomic E-state index is 13.4. The van der Waals surface area contributed by atoms with Crippen LogP contribution in [0.1, 0.15) is 43.9 Å². The van der Waals surface area contributed by atoms with E-state index in [4.69, 9.17) is 0 Å². The van der Waals surface area contributed by atoms with E-state index in [1.807, 2.05) is 43.5 Å². The van der Waals surface area contributed by atoms with Crippen LogP contribution in [-0.2, 0) is 10.0 Å². The van der Waals surface area contributed by atoms with Gasteiger partial charge in [-0.3, -0.25) is 4.98 Å². The molecule has 2 aromatic rings. The Morgan fingerprint density at radius 1 is 1.14 bits per heavy atom. The summed E-state index contributed by atoms with van der Waals surface area (Å²) in [6.45, 7) is 4.82. The first-order valence-corrected chi connectivity index (χ1v) is 11.6. The second-order valence-corrected chi connectivity index (χ2v) is 10.2. The van der Waals surface area contributed by atoms with E-state index in [9.17, 15) is 8.42 Å². The Morgan fingerprint density at radius 2 is 1.93 bits per heavy atom. The van der Waals surface area contributed by atoms with Gasteiger partial charge in [-0.05, 0) is 74.8 Å². The highest BCUT2D eigenvalue weighted by Gasteiger charge is 2.43. The summed E-state index contributed by atoms with van der Waals surface area (Å²) in [5.74, 6) is 0.747. The maximum atomic E-state index is 13.4. The average molecular weight is 397 g/mol. The van der Waals surface area contributed by atoms with Gasteiger partial charge in [-0.25, -0.2) is 8.42 Å². The standard InChI is InChI=1S/C23H28N2O2S/c1-17-8-10-21(11-9-17)28(26,27)25-13-5-7-22-19(14-18(2)15-23(22)25)16-20-6-3-4-12-24-20/h3-4,6,8-12,16,18,22-23H,5,7,13-15H2,1-2H3/t18-,22-,23+/m1/s1. The number of sulfonamides is 1. The van der Waals surface area contributed by atoms with Crippen molar-refractivity contribution in [1.82, 2.24) is 9.29 Å². The van der Waals surface area contributed by atoms with Crippen LogP contribution < -0.4 is 0 Å². The molecule has 1 aromatic heterocycles. The third kappa shape index (κ3) is 3.78. The van der Waals surface area contributed by atoms with E-state index in [-0.39, 0.29) is 12.0 Å². The normalized spacial score (nSPS) is 27.5. The lowest BCUT2D eigenvalue weighted by atomic mass is 9.71. The molecule has 1 saturated carbocycles. The van der Waals surface area contributed by atoms with E-state index in [0.29, 0.717) is 17.4 Å². The molecular formula is C23H28N2O2S. The van der Waals surface area contributed by atoms with Gasteiger partial charge in [-0.2, -0.15) is 4.31 Å². The van der Waals surface area contributed by atoms with Crippen LogP contribution in [0.4, 0.5) is 0 Å². The molecule has 0 bridgehead atoms. The largest absolute Gasteiger partial charge is 0.257 e. The fourth-order valence-corrected chi connectivity index (χ4v) is 6.46. The molecule has 1 aromatic carbocycles. The highest BCUT2D eigenvalue weighted by molar-refractivity contribution is 7.89. The minimum atomic E-state index is -3.48. The van der Waals surface area contributed by atoms with Crippen LogP contribution in [0.15, 0.2) is 59.1 Å². The minimum absolute atomic E-state index is 0.0405. The number of pyridine rings is 1. The van der Waals surface area contributed by atoms with Crippen molar-refractivity contribution in [3.8, 4) is 0 Å². The SMILES string of the molecule is Cc1ccc(S(=O)(=O)N2CCC[C@@H]3C(=Cc4ccccn4)C[C@@H](C)C[C@@H]32)cc1. The van der Waals surface area contributed by atoms with E-state index in [1.165, 1.54) is 5.57 Å². The van der Waals surface area contributed by atoms with Crippen LogP contribution in [0.25, 0.3) is 6.08 Å². The van der Waals surface area contributed by atoms with Crippen molar-refractivity contribution in [2.75, 3.05) is 6.54 Å². The molecule has 2 aliphatic rings. The van der Waals surface area contributed by atoms with Crippen LogP contribution in [0.2, 0.25) is 0 Å². The molecular weight excluding hydrogens is 368 g/mol. The summed E-state index contributed by atoms with van der Waals surface area (Å²) in [7, 11) is -3.48. The summed E-state index contributed by atoms with van der Waals surface area (Å²) in [4.78, 5) is 4.86. The van der Waals surface area contributed by atoms with E-state index in [2.05, 4.69) is 18.0 Å². The summed E-state index contributed by atoms with van der Waals surface area (Å²) in [5, 5.41) is 0. The molecule has 4 nitrogen and oxygen atoms in total. The fourth-order valence-electron chi connectivity index (χ4n) is 4.75. The highest BCUT2D eigenvalue weighted by Crippen LogP contribution is 2.43. The van der Waals surface area contributed by atoms with E-state index >= 15 is 0 Å². The van der Waals surface area contributed by atoms with Gasteiger partial charge < -0.3 is 0 Å². The molecule has 28 heavy (non-hydrogen) atoms. The predicted molar refractivity (Wildman–Crippen MR) is 112 cm³/mol. The number of piperidine rings is 1. The Bertz CT molecular complexity index is 952. The molecule has 3 atom stereocenters. The second-order valence-electron chi connectivity index (χ2n) is 8.26. The molecule has 0 amide bonds. The number of rotatable bonds is 3. The fraction of sp³-hybridized carbons (Fsp3) is 0.435. The smallest absolute Gasteiger partial charge is 0.243 e. The Kier molecular flexibility index (Phi) is 5.39. The van der Waals surface area contributed by atoms with Crippen LogP contribution >= 0.6 is 0 Å². The third-order valence-corrected chi connectivity index (χ3v) is 8.02. The van der Waals surface area contributed by atoms with Crippen molar-refractivity contribution in [1.29, 1.82) is 0 Å². The number of hydrogen-bond acceptors (Lipinski definition) is 3. The molecule has 0 N–H and O–H groups in total. The number of nitrogens with zero attached hydrogens (tertiary/aromatic N) is 2. The molecule has 2 fully saturated rings. The summed E-state index contributed by atoms with van der Waals surface area (Å²) in [6, 6.07) is 13.2. The monoisotopic (exact) mass is 396 g/mol. The quantitative estimate of drug-likeness (QED) is 0.757. The van der Waals surface area contributed by atoms with E-state index in [0.717, 1.165) is 36.9 Å². The first-order chi connectivity index (χ1) is 13.4. The molecule has 1 saturated heterocycles. The van der Waals surface area contributed by atoms with Crippen molar-refractivity contribution in [3.63, 3.8) is 0 Å². The maximum Gasteiger partial charge on any atom is 0.243 e. The van der Waals surface area contributed by atoms with Gasteiger partial charge in [-0.1, -0.05) is 36.3 Å². The first kappa shape index (κ1) is 19.3. The number of benzene rings is 1. The molecule has 0 spiro atoms. The molecule has 0 unspecified atom stereocenters. The number of aryl methyl sites for hydroxylation is 1.